The third-order valence-electron chi connectivity index (χ3n) is 2.84. The summed E-state index contributed by atoms with van der Waals surface area (Å²) in [7, 11) is 0. The molecule has 0 amide bonds. The zero-order chi connectivity index (χ0) is 14.8. The Morgan fingerprint density at radius 1 is 0.810 bits per heavy atom. The van der Waals surface area contributed by atoms with Crippen molar-refractivity contribution in [1.29, 1.82) is 0 Å². The van der Waals surface area contributed by atoms with Crippen LogP contribution in [0.5, 0.6) is 0 Å². The molecule has 0 N–H and O–H groups in total. The molecule has 2 heteroatoms. The highest BCUT2D eigenvalue weighted by Crippen LogP contribution is 2.03. The van der Waals surface area contributed by atoms with Crippen molar-refractivity contribution >= 4 is 18.1 Å². The van der Waals surface area contributed by atoms with Gasteiger partial charge >= 0.3 is 5.97 Å². The quantitative estimate of drug-likeness (QED) is 0.734. The van der Waals surface area contributed by atoms with Crippen LogP contribution in [0.3, 0.4) is 0 Å². The first-order valence-electron chi connectivity index (χ1n) is 6.93. The second kappa shape index (κ2) is 8.54. The van der Waals surface area contributed by atoms with E-state index in [0.717, 1.165) is 11.1 Å². The van der Waals surface area contributed by atoms with Gasteiger partial charge in [0.25, 0.3) is 0 Å². The van der Waals surface area contributed by atoms with Crippen LogP contribution in [0.15, 0.2) is 72.8 Å². The van der Waals surface area contributed by atoms with E-state index in [9.17, 15) is 4.79 Å². The number of ether oxygens (including phenoxy) is 1. The van der Waals surface area contributed by atoms with Gasteiger partial charge in [0, 0.05) is 0 Å². The summed E-state index contributed by atoms with van der Waals surface area (Å²) in [5.74, 6) is -0.222. The molecule has 0 saturated carbocycles. The highest BCUT2D eigenvalue weighted by molar-refractivity contribution is 5.72. The number of carbonyl (C=O) groups excluding carboxylic acids is 1. The maximum Gasteiger partial charge on any atom is 0.309 e. The van der Waals surface area contributed by atoms with Crippen molar-refractivity contribution in [2.45, 2.75) is 6.42 Å². The molecular weight excluding hydrogens is 260 g/mol. The average Bonchev–Trinajstić information content (AvgIpc) is 2.54. The summed E-state index contributed by atoms with van der Waals surface area (Å²) in [6.45, 7) is 0.299. The van der Waals surface area contributed by atoms with Crippen LogP contribution in [0.4, 0.5) is 0 Å². The predicted molar refractivity (Wildman–Crippen MR) is 86.5 cm³/mol. The van der Waals surface area contributed by atoms with E-state index >= 15 is 0 Å². The normalized spacial score (nSPS) is 11.0. The van der Waals surface area contributed by atoms with Gasteiger partial charge in [-0.25, -0.2) is 0 Å². The van der Waals surface area contributed by atoms with E-state index in [1.807, 2.05) is 85.0 Å². The van der Waals surface area contributed by atoms with E-state index in [1.165, 1.54) is 0 Å². The molecule has 2 aromatic carbocycles. The molecule has 0 atom stereocenters. The molecule has 0 aliphatic carbocycles. The molecule has 0 fully saturated rings. The summed E-state index contributed by atoms with van der Waals surface area (Å²) in [5.41, 5.74) is 2.17. The van der Waals surface area contributed by atoms with Gasteiger partial charge in [-0.1, -0.05) is 78.9 Å². The van der Waals surface area contributed by atoms with Gasteiger partial charge in [0.1, 0.15) is 6.61 Å². The van der Waals surface area contributed by atoms with Gasteiger partial charge in [0.2, 0.25) is 0 Å². The number of hydrogen-bond donors (Lipinski definition) is 0. The SMILES string of the molecule is O=C(CC=Cc1ccccc1)OCC=Cc1ccccc1. The smallest absolute Gasteiger partial charge is 0.309 e. The topological polar surface area (TPSA) is 26.3 Å². The van der Waals surface area contributed by atoms with Crippen LogP contribution in [0.25, 0.3) is 12.2 Å². The van der Waals surface area contributed by atoms with Crippen LogP contribution in [0.2, 0.25) is 0 Å². The summed E-state index contributed by atoms with van der Waals surface area (Å²) in [6.07, 6.45) is 7.80. The molecule has 0 bridgehead atoms. The monoisotopic (exact) mass is 278 g/mol. The average molecular weight is 278 g/mol. The summed E-state index contributed by atoms with van der Waals surface area (Å²) in [5, 5.41) is 0. The fourth-order valence-corrected chi connectivity index (χ4v) is 1.80. The number of rotatable bonds is 6. The van der Waals surface area contributed by atoms with Crippen molar-refractivity contribution in [3.63, 3.8) is 0 Å². The summed E-state index contributed by atoms with van der Waals surface area (Å²) in [4.78, 5) is 11.5. The highest BCUT2D eigenvalue weighted by atomic mass is 16.5. The molecule has 21 heavy (non-hydrogen) atoms. The minimum atomic E-state index is -0.222. The third kappa shape index (κ3) is 5.91. The van der Waals surface area contributed by atoms with E-state index < -0.39 is 0 Å². The number of hydrogen-bond acceptors (Lipinski definition) is 2. The van der Waals surface area contributed by atoms with Crippen molar-refractivity contribution < 1.29 is 9.53 Å². The standard InChI is InChI=1S/C19H18O2/c20-19(15-7-13-17-9-3-1-4-10-17)21-16-8-14-18-11-5-2-6-12-18/h1-14H,15-16H2. The van der Waals surface area contributed by atoms with Crippen molar-refractivity contribution in [3.05, 3.63) is 83.9 Å². The molecule has 0 heterocycles. The molecule has 0 aliphatic rings. The highest BCUT2D eigenvalue weighted by Gasteiger charge is 1.97. The van der Waals surface area contributed by atoms with Gasteiger partial charge in [-0.2, -0.15) is 0 Å². The lowest BCUT2D eigenvalue weighted by atomic mass is 10.2. The van der Waals surface area contributed by atoms with Gasteiger partial charge in [-0.3, -0.25) is 4.79 Å². The number of carbonyl (C=O) groups is 1. The number of benzene rings is 2. The Hall–Kier alpha value is -2.61. The third-order valence-corrected chi connectivity index (χ3v) is 2.84. The predicted octanol–water partition coefficient (Wildman–Crippen LogP) is 4.35. The molecule has 0 saturated heterocycles. The molecule has 2 aromatic rings. The van der Waals surface area contributed by atoms with Gasteiger partial charge in [0.15, 0.2) is 0 Å². The first-order chi connectivity index (χ1) is 10.3. The Labute approximate surface area is 125 Å². The van der Waals surface area contributed by atoms with E-state index in [2.05, 4.69) is 0 Å². The lowest BCUT2D eigenvalue weighted by Crippen LogP contribution is -2.02. The lowest BCUT2D eigenvalue weighted by Gasteiger charge is -1.98. The molecule has 106 valence electrons. The molecule has 2 nitrogen and oxygen atoms in total. The second-order valence-corrected chi connectivity index (χ2v) is 4.51. The van der Waals surface area contributed by atoms with Gasteiger partial charge in [-0.15, -0.1) is 0 Å². The van der Waals surface area contributed by atoms with E-state index in [4.69, 9.17) is 4.74 Å². The maximum absolute atomic E-state index is 11.5. The lowest BCUT2D eigenvalue weighted by molar-refractivity contribution is -0.141. The van der Waals surface area contributed by atoms with Gasteiger partial charge in [-0.05, 0) is 17.2 Å². The second-order valence-electron chi connectivity index (χ2n) is 4.51. The molecule has 0 spiro atoms. The van der Waals surface area contributed by atoms with Crippen LogP contribution in [0, 0.1) is 0 Å². The zero-order valence-corrected chi connectivity index (χ0v) is 11.8. The Balaban J connectivity index is 1.68. The van der Waals surface area contributed by atoms with E-state index in [1.54, 1.807) is 0 Å². The summed E-state index contributed by atoms with van der Waals surface area (Å²) >= 11 is 0. The number of esters is 1. The maximum atomic E-state index is 11.5. The van der Waals surface area contributed by atoms with Crippen LogP contribution in [0.1, 0.15) is 17.5 Å². The van der Waals surface area contributed by atoms with Crippen LogP contribution in [-0.2, 0) is 9.53 Å². The van der Waals surface area contributed by atoms with Crippen LogP contribution >= 0.6 is 0 Å². The molecule has 2 rings (SSSR count). The first kappa shape index (κ1) is 14.8. The minimum Gasteiger partial charge on any atom is -0.461 e. The Bertz CT molecular complexity index is 598. The minimum absolute atomic E-state index is 0.222. The molecule has 0 radical (unpaired) electrons. The van der Waals surface area contributed by atoms with Crippen molar-refractivity contribution in [2.75, 3.05) is 6.61 Å². The van der Waals surface area contributed by atoms with Crippen molar-refractivity contribution in [3.8, 4) is 0 Å². The Morgan fingerprint density at radius 3 is 1.90 bits per heavy atom. The van der Waals surface area contributed by atoms with Crippen LogP contribution < -0.4 is 0 Å². The van der Waals surface area contributed by atoms with Crippen LogP contribution in [-0.4, -0.2) is 12.6 Å². The molecule has 0 unspecified atom stereocenters. The first-order valence-corrected chi connectivity index (χ1v) is 6.93. The molecular formula is C19H18O2. The fourth-order valence-electron chi connectivity index (χ4n) is 1.80. The van der Waals surface area contributed by atoms with Gasteiger partial charge < -0.3 is 4.74 Å². The largest absolute Gasteiger partial charge is 0.461 e. The van der Waals surface area contributed by atoms with E-state index in [-0.39, 0.29) is 12.4 Å². The molecule has 0 aromatic heterocycles. The van der Waals surface area contributed by atoms with Crippen molar-refractivity contribution in [1.82, 2.24) is 0 Å². The van der Waals surface area contributed by atoms with Gasteiger partial charge in [0.05, 0.1) is 6.42 Å². The molecule has 0 aliphatic heterocycles. The van der Waals surface area contributed by atoms with E-state index in [0.29, 0.717) is 6.61 Å². The zero-order valence-electron chi connectivity index (χ0n) is 11.8. The Kier molecular flexibility index (Phi) is 6.01. The fraction of sp³-hybridized carbons (Fsp3) is 0.105. The Morgan fingerprint density at radius 2 is 1.33 bits per heavy atom. The summed E-state index contributed by atoms with van der Waals surface area (Å²) in [6, 6.07) is 19.8. The van der Waals surface area contributed by atoms with Crippen molar-refractivity contribution in [2.24, 2.45) is 0 Å². The summed E-state index contributed by atoms with van der Waals surface area (Å²) < 4.78 is 5.12.